The summed E-state index contributed by atoms with van der Waals surface area (Å²) in [6, 6.07) is 0.437. The molecule has 2 aliphatic rings. The van der Waals surface area contributed by atoms with Crippen LogP contribution in [-0.4, -0.2) is 66.3 Å². The van der Waals surface area contributed by atoms with E-state index in [1.807, 2.05) is 11.8 Å². The van der Waals surface area contributed by atoms with E-state index in [1.165, 1.54) is 0 Å². The summed E-state index contributed by atoms with van der Waals surface area (Å²) in [6.45, 7) is 9.12. The molecule has 2 atom stereocenters. The van der Waals surface area contributed by atoms with Crippen molar-refractivity contribution in [2.75, 3.05) is 39.4 Å². The first-order valence-corrected chi connectivity index (χ1v) is 8.68. The lowest BCUT2D eigenvalue weighted by Crippen LogP contribution is -2.47. The van der Waals surface area contributed by atoms with Crippen LogP contribution in [0.25, 0.3) is 0 Å². The standard InChI is InChI=1S/C16H24ClN3O3/c1-3-12-9-20(10-14(12)19-4-6-22-7-5-19)15(21)8-13-11(2)18-23-16(13)17/h12,14H,3-10H2,1-2H3/t12-,14+/m1/s1. The van der Waals surface area contributed by atoms with E-state index in [0.717, 1.165) is 45.8 Å². The van der Waals surface area contributed by atoms with Gasteiger partial charge in [-0.05, 0) is 24.4 Å². The molecule has 0 aromatic carbocycles. The maximum atomic E-state index is 12.7. The van der Waals surface area contributed by atoms with Crippen LogP contribution in [0.1, 0.15) is 24.6 Å². The minimum atomic E-state index is 0.104. The fourth-order valence-corrected chi connectivity index (χ4v) is 3.84. The molecular weight excluding hydrogens is 318 g/mol. The van der Waals surface area contributed by atoms with Crippen LogP contribution >= 0.6 is 11.6 Å². The van der Waals surface area contributed by atoms with Gasteiger partial charge < -0.3 is 14.2 Å². The Balaban J connectivity index is 1.65. The summed E-state index contributed by atoms with van der Waals surface area (Å²) in [5, 5.41) is 4.04. The molecule has 2 fully saturated rings. The van der Waals surface area contributed by atoms with Gasteiger partial charge in [0.25, 0.3) is 0 Å². The van der Waals surface area contributed by atoms with Crippen LogP contribution in [0.2, 0.25) is 5.22 Å². The van der Waals surface area contributed by atoms with Gasteiger partial charge in [0, 0.05) is 37.8 Å². The summed E-state index contributed by atoms with van der Waals surface area (Å²) >= 11 is 5.98. The molecule has 1 aromatic heterocycles. The molecule has 23 heavy (non-hydrogen) atoms. The molecule has 0 spiro atoms. The third kappa shape index (κ3) is 3.54. The van der Waals surface area contributed by atoms with Crippen molar-refractivity contribution >= 4 is 17.5 Å². The highest BCUT2D eigenvalue weighted by Crippen LogP contribution is 2.27. The van der Waals surface area contributed by atoms with Crippen LogP contribution in [0, 0.1) is 12.8 Å². The molecule has 1 aromatic rings. The van der Waals surface area contributed by atoms with Crippen molar-refractivity contribution in [1.82, 2.24) is 15.0 Å². The van der Waals surface area contributed by atoms with Crippen molar-refractivity contribution in [2.45, 2.75) is 32.7 Å². The molecule has 0 unspecified atom stereocenters. The Labute approximate surface area is 141 Å². The summed E-state index contributed by atoms with van der Waals surface area (Å²) in [6.07, 6.45) is 1.35. The Hall–Kier alpha value is -1.11. The molecule has 0 aliphatic carbocycles. The minimum absolute atomic E-state index is 0.104. The molecular formula is C16H24ClN3O3. The van der Waals surface area contributed by atoms with E-state index >= 15 is 0 Å². The topological polar surface area (TPSA) is 58.8 Å². The molecule has 128 valence electrons. The molecule has 1 amide bonds. The molecule has 0 saturated carbocycles. The van der Waals surface area contributed by atoms with Crippen molar-refractivity contribution < 1.29 is 14.1 Å². The number of hydrogen-bond acceptors (Lipinski definition) is 5. The summed E-state index contributed by atoms with van der Waals surface area (Å²) in [5.74, 6) is 0.628. The second kappa shape index (κ2) is 7.20. The van der Waals surface area contributed by atoms with Crippen LogP contribution in [-0.2, 0) is 16.0 Å². The first kappa shape index (κ1) is 16.7. The number of morpholine rings is 1. The number of hydrogen-bond donors (Lipinski definition) is 0. The maximum absolute atomic E-state index is 12.7. The second-order valence-electron chi connectivity index (χ2n) is 6.38. The first-order valence-electron chi connectivity index (χ1n) is 8.30. The third-order valence-electron chi connectivity index (χ3n) is 5.06. The van der Waals surface area contributed by atoms with Gasteiger partial charge in [-0.3, -0.25) is 9.69 Å². The molecule has 3 heterocycles. The van der Waals surface area contributed by atoms with E-state index in [-0.39, 0.29) is 17.5 Å². The number of rotatable bonds is 4. The fraction of sp³-hybridized carbons (Fsp3) is 0.750. The first-order chi connectivity index (χ1) is 11.1. The van der Waals surface area contributed by atoms with E-state index < -0.39 is 0 Å². The molecule has 0 N–H and O–H groups in total. The number of nitrogens with zero attached hydrogens (tertiary/aromatic N) is 3. The van der Waals surface area contributed by atoms with Gasteiger partial charge in [0.15, 0.2) is 0 Å². The highest BCUT2D eigenvalue weighted by Gasteiger charge is 2.38. The second-order valence-corrected chi connectivity index (χ2v) is 6.72. The van der Waals surface area contributed by atoms with Gasteiger partial charge in [-0.25, -0.2) is 0 Å². The van der Waals surface area contributed by atoms with E-state index in [0.29, 0.717) is 23.2 Å². The minimum Gasteiger partial charge on any atom is -0.379 e. The molecule has 0 radical (unpaired) electrons. The Bertz CT molecular complexity index is 537. The zero-order valence-corrected chi connectivity index (χ0v) is 14.5. The van der Waals surface area contributed by atoms with Crippen LogP contribution in [0.5, 0.6) is 0 Å². The van der Waals surface area contributed by atoms with Crippen molar-refractivity contribution in [3.8, 4) is 0 Å². The van der Waals surface area contributed by atoms with Crippen LogP contribution in [0.15, 0.2) is 4.52 Å². The van der Waals surface area contributed by atoms with Crippen molar-refractivity contribution in [1.29, 1.82) is 0 Å². The molecule has 3 rings (SSSR count). The van der Waals surface area contributed by atoms with Crippen molar-refractivity contribution in [2.24, 2.45) is 5.92 Å². The van der Waals surface area contributed by atoms with Gasteiger partial charge in [-0.2, -0.15) is 0 Å². The lowest BCUT2D eigenvalue weighted by molar-refractivity contribution is -0.129. The largest absolute Gasteiger partial charge is 0.379 e. The SMILES string of the molecule is CC[C@@H]1CN(C(=O)Cc2c(C)noc2Cl)C[C@@H]1N1CCOCC1. The zero-order chi connectivity index (χ0) is 16.4. The predicted molar refractivity (Wildman–Crippen MR) is 86.5 cm³/mol. The number of aryl methyl sites for hydroxylation is 1. The number of carbonyl (C=O) groups excluding carboxylic acids is 1. The van der Waals surface area contributed by atoms with Crippen LogP contribution in [0.3, 0.4) is 0 Å². The highest BCUT2D eigenvalue weighted by atomic mass is 35.5. The average Bonchev–Trinajstić information content (AvgIpc) is 3.14. The van der Waals surface area contributed by atoms with Gasteiger partial charge in [-0.1, -0.05) is 18.5 Å². The number of aromatic nitrogens is 1. The average molecular weight is 342 g/mol. The number of amides is 1. The number of carbonyl (C=O) groups is 1. The lowest BCUT2D eigenvalue weighted by atomic mass is 9.99. The summed E-state index contributed by atoms with van der Waals surface area (Å²) in [7, 11) is 0. The quantitative estimate of drug-likeness (QED) is 0.835. The third-order valence-corrected chi connectivity index (χ3v) is 5.36. The van der Waals surface area contributed by atoms with Gasteiger partial charge in [0.2, 0.25) is 11.1 Å². The number of likely N-dealkylation sites (tertiary alicyclic amines) is 1. The predicted octanol–water partition coefficient (Wildman–Crippen LogP) is 1.75. The normalized spacial score (nSPS) is 26.0. The Morgan fingerprint density at radius 3 is 2.70 bits per heavy atom. The van der Waals surface area contributed by atoms with Gasteiger partial charge in [-0.15, -0.1) is 0 Å². The molecule has 6 nitrogen and oxygen atoms in total. The van der Waals surface area contributed by atoms with Gasteiger partial charge in [0.05, 0.1) is 25.3 Å². The highest BCUT2D eigenvalue weighted by molar-refractivity contribution is 6.29. The van der Waals surface area contributed by atoms with Crippen molar-refractivity contribution in [3.63, 3.8) is 0 Å². The van der Waals surface area contributed by atoms with E-state index in [4.69, 9.17) is 20.9 Å². The molecule has 2 saturated heterocycles. The fourth-order valence-electron chi connectivity index (χ4n) is 3.60. The Morgan fingerprint density at radius 2 is 2.09 bits per heavy atom. The van der Waals surface area contributed by atoms with E-state index in [9.17, 15) is 4.79 Å². The number of ether oxygens (including phenoxy) is 1. The summed E-state index contributed by atoms with van der Waals surface area (Å²) < 4.78 is 10.4. The summed E-state index contributed by atoms with van der Waals surface area (Å²) in [4.78, 5) is 17.1. The Kier molecular flexibility index (Phi) is 5.24. The van der Waals surface area contributed by atoms with Gasteiger partial charge in [0.1, 0.15) is 0 Å². The number of halogens is 1. The van der Waals surface area contributed by atoms with Crippen LogP contribution < -0.4 is 0 Å². The smallest absolute Gasteiger partial charge is 0.229 e. The van der Waals surface area contributed by atoms with E-state index in [1.54, 1.807) is 0 Å². The monoisotopic (exact) mass is 341 g/mol. The zero-order valence-electron chi connectivity index (χ0n) is 13.8. The van der Waals surface area contributed by atoms with Crippen molar-refractivity contribution in [3.05, 3.63) is 16.5 Å². The van der Waals surface area contributed by atoms with E-state index in [2.05, 4.69) is 17.0 Å². The van der Waals surface area contributed by atoms with Crippen LogP contribution in [0.4, 0.5) is 0 Å². The van der Waals surface area contributed by atoms with Gasteiger partial charge >= 0.3 is 0 Å². The molecule has 0 bridgehead atoms. The molecule has 7 heteroatoms. The Morgan fingerprint density at radius 1 is 1.35 bits per heavy atom. The lowest BCUT2D eigenvalue weighted by Gasteiger charge is -2.34. The molecule has 2 aliphatic heterocycles. The summed E-state index contributed by atoms with van der Waals surface area (Å²) in [5.41, 5.74) is 1.40. The maximum Gasteiger partial charge on any atom is 0.229 e.